The Morgan fingerprint density at radius 1 is 1.33 bits per heavy atom. The van der Waals surface area contributed by atoms with Gasteiger partial charge in [0, 0.05) is 26.3 Å². The molecule has 1 aromatic rings. The van der Waals surface area contributed by atoms with Crippen LogP contribution >= 0.6 is 0 Å². The maximum Gasteiger partial charge on any atom is 0.162 e. The van der Waals surface area contributed by atoms with Gasteiger partial charge in [0.15, 0.2) is 11.6 Å². The highest BCUT2D eigenvalue weighted by Gasteiger charge is 2.07. The number of aliphatic hydroxyl groups excluding tert-OH is 1. The molecule has 0 heterocycles. The molecule has 0 aliphatic heterocycles. The van der Waals surface area contributed by atoms with Crippen LogP contribution in [0.15, 0.2) is 18.2 Å². The number of hydrogen-bond acceptors (Lipinski definition) is 4. The van der Waals surface area contributed by atoms with Crippen molar-refractivity contribution in [1.29, 1.82) is 0 Å². The molecule has 0 aliphatic rings. The Kier molecular flexibility index (Phi) is 6.56. The largest absolute Gasteiger partial charge is 0.491 e. The van der Waals surface area contributed by atoms with E-state index in [2.05, 4.69) is 5.32 Å². The SMILES string of the molecule is COCCNCC(O)COc1ccc(F)c(F)c1. The summed E-state index contributed by atoms with van der Waals surface area (Å²) in [6.07, 6.45) is -0.727. The van der Waals surface area contributed by atoms with Gasteiger partial charge in [0.1, 0.15) is 18.5 Å². The molecule has 0 aliphatic carbocycles. The zero-order chi connectivity index (χ0) is 13.4. The van der Waals surface area contributed by atoms with Crippen LogP contribution in [0.5, 0.6) is 5.75 Å². The van der Waals surface area contributed by atoms with Gasteiger partial charge < -0.3 is 19.9 Å². The summed E-state index contributed by atoms with van der Waals surface area (Å²) in [6, 6.07) is 3.23. The van der Waals surface area contributed by atoms with E-state index in [1.165, 1.54) is 6.07 Å². The third-order valence-electron chi connectivity index (χ3n) is 2.20. The second-order valence-corrected chi connectivity index (χ2v) is 3.74. The molecule has 1 aromatic carbocycles. The summed E-state index contributed by atoms with van der Waals surface area (Å²) in [5, 5.41) is 12.5. The minimum atomic E-state index is -0.972. The molecule has 0 saturated heterocycles. The molecule has 1 unspecified atom stereocenters. The zero-order valence-electron chi connectivity index (χ0n) is 10.2. The van der Waals surface area contributed by atoms with Gasteiger partial charge in [0.2, 0.25) is 0 Å². The number of nitrogens with one attached hydrogen (secondary N) is 1. The highest BCUT2D eigenvalue weighted by Crippen LogP contribution is 2.15. The monoisotopic (exact) mass is 261 g/mol. The van der Waals surface area contributed by atoms with E-state index in [0.29, 0.717) is 19.7 Å². The fourth-order valence-corrected chi connectivity index (χ4v) is 1.26. The van der Waals surface area contributed by atoms with Gasteiger partial charge >= 0.3 is 0 Å². The Hall–Kier alpha value is -1.24. The summed E-state index contributed by atoms with van der Waals surface area (Å²) >= 11 is 0. The number of rotatable bonds is 8. The molecule has 0 fully saturated rings. The van der Waals surface area contributed by atoms with Crippen LogP contribution in [-0.4, -0.2) is 44.6 Å². The average Bonchev–Trinajstić information content (AvgIpc) is 2.36. The van der Waals surface area contributed by atoms with Crippen molar-refractivity contribution in [2.24, 2.45) is 0 Å². The molecule has 0 aromatic heterocycles. The first-order valence-electron chi connectivity index (χ1n) is 5.59. The van der Waals surface area contributed by atoms with Crippen molar-refractivity contribution >= 4 is 0 Å². The summed E-state index contributed by atoms with van der Waals surface area (Å²) in [7, 11) is 1.59. The summed E-state index contributed by atoms with van der Waals surface area (Å²) in [6.45, 7) is 1.52. The third kappa shape index (κ3) is 5.39. The van der Waals surface area contributed by atoms with E-state index in [0.717, 1.165) is 12.1 Å². The first kappa shape index (κ1) is 14.8. The summed E-state index contributed by atoms with van der Waals surface area (Å²) in [4.78, 5) is 0. The molecule has 102 valence electrons. The van der Waals surface area contributed by atoms with Gasteiger partial charge in [0.25, 0.3) is 0 Å². The highest BCUT2D eigenvalue weighted by molar-refractivity contribution is 5.23. The average molecular weight is 261 g/mol. The smallest absolute Gasteiger partial charge is 0.162 e. The number of halogens is 2. The van der Waals surface area contributed by atoms with Crippen LogP contribution in [-0.2, 0) is 4.74 Å². The van der Waals surface area contributed by atoms with E-state index in [-0.39, 0.29) is 12.4 Å². The number of hydrogen-bond donors (Lipinski definition) is 2. The maximum atomic E-state index is 12.8. The van der Waals surface area contributed by atoms with Gasteiger partial charge in [-0.25, -0.2) is 8.78 Å². The van der Waals surface area contributed by atoms with Crippen molar-refractivity contribution in [2.45, 2.75) is 6.10 Å². The van der Waals surface area contributed by atoms with Gasteiger partial charge in [-0.3, -0.25) is 0 Å². The van der Waals surface area contributed by atoms with Gasteiger partial charge in [0.05, 0.1) is 6.61 Å². The van der Waals surface area contributed by atoms with Crippen molar-refractivity contribution in [2.75, 3.05) is 33.4 Å². The third-order valence-corrected chi connectivity index (χ3v) is 2.20. The molecule has 0 radical (unpaired) electrons. The van der Waals surface area contributed by atoms with E-state index >= 15 is 0 Å². The molecule has 0 saturated carbocycles. The molecule has 2 N–H and O–H groups in total. The molecule has 0 spiro atoms. The highest BCUT2D eigenvalue weighted by atomic mass is 19.2. The zero-order valence-corrected chi connectivity index (χ0v) is 10.2. The number of benzene rings is 1. The van der Waals surface area contributed by atoms with Crippen molar-refractivity contribution in [3.8, 4) is 5.75 Å². The Morgan fingerprint density at radius 3 is 2.78 bits per heavy atom. The molecule has 18 heavy (non-hydrogen) atoms. The van der Waals surface area contributed by atoms with Crippen molar-refractivity contribution < 1.29 is 23.4 Å². The Morgan fingerprint density at radius 2 is 2.11 bits per heavy atom. The fourth-order valence-electron chi connectivity index (χ4n) is 1.26. The summed E-state index contributed by atoms with van der Waals surface area (Å²) in [5.41, 5.74) is 0. The van der Waals surface area contributed by atoms with Crippen molar-refractivity contribution in [1.82, 2.24) is 5.32 Å². The van der Waals surface area contributed by atoms with E-state index in [1.54, 1.807) is 7.11 Å². The Bertz CT molecular complexity index is 363. The quantitative estimate of drug-likeness (QED) is 0.684. The van der Waals surface area contributed by atoms with Crippen LogP contribution in [0, 0.1) is 11.6 Å². The van der Waals surface area contributed by atoms with Gasteiger partial charge in [-0.1, -0.05) is 0 Å². The number of ether oxygens (including phenoxy) is 2. The molecule has 1 rings (SSSR count). The topological polar surface area (TPSA) is 50.7 Å². The standard InChI is InChI=1S/C12H17F2NO3/c1-17-5-4-15-7-9(16)8-18-10-2-3-11(13)12(14)6-10/h2-3,6,9,15-16H,4-5,7-8H2,1H3. The molecule has 0 bridgehead atoms. The van der Waals surface area contributed by atoms with Gasteiger partial charge in [-0.05, 0) is 12.1 Å². The van der Waals surface area contributed by atoms with Gasteiger partial charge in [-0.2, -0.15) is 0 Å². The van der Waals surface area contributed by atoms with E-state index < -0.39 is 17.7 Å². The predicted molar refractivity (Wildman–Crippen MR) is 62.6 cm³/mol. The van der Waals surface area contributed by atoms with Crippen LogP contribution in [0.25, 0.3) is 0 Å². The Labute approximate surface area is 105 Å². The fraction of sp³-hybridized carbons (Fsp3) is 0.500. The lowest BCUT2D eigenvalue weighted by Gasteiger charge is -2.13. The van der Waals surface area contributed by atoms with Crippen LogP contribution in [0.1, 0.15) is 0 Å². The van der Waals surface area contributed by atoms with E-state index in [9.17, 15) is 13.9 Å². The lowest BCUT2D eigenvalue weighted by molar-refractivity contribution is 0.103. The van der Waals surface area contributed by atoms with Crippen LogP contribution < -0.4 is 10.1 Å². The molecular weight excluding hydrogens is 244 g/mol. The minimum Gasteiger partial charge on any atom is -0.491 e. The lowest BCUT2D eigenvalue weighted by Crippen LogP contribution is -2.33. The van der Waals surface area contributed by atoms with E-state index in [4.69, 9.17) is 9.47 Å². The number of aliphatic hydroxyl groups is 1. The van der Waals surface area contributed by atoms with Gasteiger partial charge in [-0.15, -0.1) is 0 Å². The second-order valence-electron chi connectivity index (χ2n) is 3.74. The van der Waals surface area contributed by atoms with Crippen molar-refractivity contribution in [3.05, 3.63) is 29.8 Å². The first-order valence-corrected chi connectivity index (χ1v) is 5.59. The molecule has 0 amide bonds. The summed E-state index contributed by atoms with van der Waals surface area (Å²) < 4.78 is 35.4. The predicted octanol–water partition coefficient (Wildman–Crippen LogP) is 0.940. The normalized spacial score (nSPS) is 12.4. The minimum absolute atomic E-state index is 0.00501. The van der Waals surface area contributed by atoms with Crippen LogP contribution in [0.3, 0.4) is 0 Å². The van der Waals surface area contributed by atoms with Crippen LogP contribution in [0.2, 0.25) is 0 Å². The lowest BCUT2D eigenvalue weighted by atomic mass is 10.3. The second kappa shape index (κ2) is 7.97. The molecule has 1 atom stereocenters. The summed E-state index contributed by atoms with van der Waals surface area (Å²) in [5.74, 6) is -1.71. The first-order chi connectivity index (χ1) is 8.63. The van der Waals surface area contributed by atoms with Crippen molar-refractivity contribution in [3.63, 3.8) is 0 Å². The maximum absolute atomic E-state index is 12.8. The molecule has 6 heteroatoms. The molecule has 4 nitrogen and oxygen atoms in total. The molecular formula is C12H17F2NO3. The van der Waals surface area contributed by atoms with Crippen LogP contribution in [0.4, 0.5) is 8.78 Å². The van der Waals surface area contributed by atoms with E-state index in [1.807, 2.05) is 0 Å². The Balaban J connectivity index is 2.24. The number of methoxy groups -OCH3 is 1.